The van der Waals surface area contributed by atoms with Crippen LogP contribution >= 0.6 is 39.3 Å². The van der Waals surface area contributed by atoms with E-state index in [4.69, 9.17) is 11.6 Å². The second kappa shape index (κ2) is 8.14. The summed E-state index contributed by atoms with van der Waals surface area (Å²) in [6.07, 6.45) is 7.26. The van der Waals surface area contributed by atoms with Gasteiger partial charge in [0.25, 0.3) is 0 Å². The number of unbranched alkanes of at least 4 members (excludes halogenated alkanes) is 2. The van der Waals surface area contributed by atoms with Gasteiger partial charge in [-0.05, 0) is 40.8 Å². The Labute approximate surface area is 114 Å². The van der Waals surface area contributed by atoms with E-state index in [1.807, 2.05) is 11.8 Å². The van der Waals surface area contributed by atoms with Crippen molar-refractivity contribution < 1.29 is 0 Å². The molecular weight excluding hydrogens is 310 g/mol. The third kappa shape index (κ3) is 4.89. The molecule has 0 aliphatic heterocycles. The van der Waals surface area contributed by atoms with Crippen LogP contribution in [0.2, 0.25) is 5.15 Å². The van der Waals surface area contributed by atoms with E-state index in [0.717, 1.165) is 23.3 Å². The lowest BCUT2D eigenvalue weighted by atomic mass is 10.2. The predicted octanol–water partition coefficient (Wildman–Crippen LogP) is 3.84. The second-order valence-electron chi connectivity index (χ2n) is 3.31. The third-order valence-electron chi connectivity index (χ3n) is 2.06. The molecule has 0 saturated carbocycles. The van der Waals surface area contributed by atoms with Crippen molar-refractivity contribution >= 4 is 45.1 Å². The Kier molecular flexibility index (Phi) is 7.16. The number of thioether (sulfide) groups is 1. The van der Waals surface area contributed by atoms with E-state index in [1.54, 1.807) is 0 Å². The maximum Gasteiger partial charge on any atom is 0.148 e. The van der Waals surface area contributed by atoms with Crippen molar-refractivity contribution in [1.29, 1.82) is 0 Å². The van der Waals surface area contributed by atoms with E-state index >= 15 is 0 Å². The van der Waals surface area contributed by atoms with Crippen LogP contribution in [-0.4, -0.2) is 28.5 Å². The molecule has 0 unspecified atom stereocenters. The number of aromatic nitrogens is 2. The topological polar surface area (TPSA) is 37.8 Å². The molecule has 1 heterocycles. The Balaban J connectivity index is 2.24. The van der Waals surface area contributed by atoms with Crippen LogP contribution < -0.4 is 5.32 Å². The molecule has 0 spiro atoms. The van der Waals surface area contributed by atoms with E-state index in [2.05, 4.69) is 37.5 Å². The van der Waals surface area contributed by atoms with Crippen LogP contribution in [0.3, 0.4) is 0 Å². The fourth-order valence-electron chi connectivity index (χ4n) is 1.23. The first-order valence-electron chi connectivity index (χ1n) is 5.14. The minimum Gasteiger partial charge on any atom is -0.369 e. The average Bonchev–Trinajstić information content (AvgIpc) is 2.29. The summed E-state index contributed by atoms with van der Waals surface area (Å²) in [5.41, 5.74) is 0. The molecule has 16 heavy (non-hydrogen) atoms. The summed E-state index contributed by atoms with van der Waals surface area (Å²) >= 11 is 11.1. The zero-order chi connectivity index (χ0) is 11.8. The van der Waals surface area contributed by atoms with Crippen LogP contribution in [0.4, 0.5) is 5.82 Å². The Morgan fingerprint density at radius 2 is 2.19 bits per heavy atom. The van der Waals surface area contributed by atoms with E-state index in [1.165, 1.54) is 24.9 Å². The minimum atomic E-state index is 0.444. The standard InChI is InChI=1S/C10H15BrClN3S/c1-16-6-4-2-3-5-13-10-8(11)9(12)14-7-15-10/h7H,2-6H2,1H3,(H,13,14,15). The fraction of sp³-hybridized carbons (Fsp3) is 0.600. The summed E-state index contributed by atoms with van der Waals surface area (Å²) in [4.78, 5) is 7.99. The number of halogens is 2. The molecule has 0 aromatic carbocycles. The lowest BCUT2D eigenvalue weighted by Gasteiger charge is -2.07. The molecule has 0 fully saturated rings. The summed E-state index contributed by atoms with van der Waals surface area (Å²) in [6.45, 7) is 0.917. The summed E-state index contributed by atoms with van der Waals surface area (Å²) in [5.74, 6) is 2.01. The molecule has 0 saturated heterocycles. The summed E-state index contributed by atoms with van der Waals surface area (Å²) < 4.78 is 0.737. The van der Waals surface area contributed by atoms with Crippen molar-refractivity contribution in [2.75, 3.05) is 23.9 Å². The molecule has 0 amide bonds. The first kappa shape index (κ1) is 14.1. The molecule has 1 N–H and O–H groups in total. The van der Waals surface area contributed by atoms with Crippen LogP contribution in [0.25, 0.3) is 0 Å². The molecule has 0 aliphatic carbocycles. The zero-order valence-corrected chi connectivity index (χ0v) is 12.3. The Hall–Kier alpha value is -0.0000000000000000555. The van der Waals surface area contributed by atoms with Crippen molar-refractivity contribution in [3.8, 4) is 0 Å². The highest BCUT2D eigenvalue weighted by atomic mass is 79.9. The van der Waals surface area contributed by atoms with Crippen LogP contribution in [0, 0.1) is 0 Å². The number of anilines is 1. The molecule has 1 rings (SSSR count). The average molecular weight is 325 g/mol. The lowest BCUT2D eigenvalue weighted by molar-refractivity contribution is 0.747. The normalized spacial score (nSPS) is 10.4. The fourth-order valence-corrected chi connectivity index (χ4v) is 2.20. The van der Waals surface area contributed by atoms with Gasteiger partial charge in [0.15, 0.2) is 0 Å². The van der Waals surface area contributed by atoms with Crippen LogP contribution in [0.1, 0.15) is 19.3 Å². The molecule has 0 atom stereocenters. The Bertz CT molecular complexity index is 325. The summed E-state index contributed by atoms with van der Waals surface area (Å²) in [7, 11) is 0. The molecule has 3 nitrogen and oxygen atoms in total. The minimum absolute atomic E-state index is 0.444. The van der Waals surface area contributed by atoms with Gasteiger partial charge >= 0.3 is 0 Å². The smallest absolute Gasteiger partial charge is 0.148 e. The number of rotatable bonds is 7. The first-order chi connectivity index (χ1) is 7.75. The maximum atomic E-state index is 5.85. The van der Waals surface area contributed by atoms with E-state index in [-0.39, 0.29) is 0 Å². The molecule has 0 aliphatic rings. The zero-order valence-electron chi connectivity index (χ0n) is 9.17. The number of hydrogen-bond donors (Lipinski definition) is 1. The quantitative estimate of drug-likeness (QED) is 0.611. The largest absolute Gasteiger partial charge is 0.369 e. The van der Waals surface area contributed by atoms with Crippen LogP contribution in [-0.2, 0) is 0 Å². The van der Waals surface area contributed by atoms with Gasteiger partial charge in [0.1, 0.15) is 17.3 Å². The van der Waals surface area contributed by atoms with E-state index < -0.39 is 0 Å². The lowest BCUT2D eigenvalue weighted by Crippen LogP contribution is -2.04. The molecule has 1 aromatic heterocycles. The van der Waals surface area contributed by atoms with Gasteiger partial charge in [0.05, 0.1) is 4.47 Å². The van der Waals surface area contributed by atoms with Crippen molar-refractivity contribution in [2.24, 2.45) is 0 Å². The van der Waals surface area contributed by atoms with Crippen molar-refractivity contribution in [2.45, 2.75) is 19.3 Å². The maximum absolute atomic E-state index is 5.85. The number of nitrogens with zero attached hydrogens (tertiary/aromatic N) is 2. The van der Waals surface area contributed by atoms with E-state index in [9.17, 15) is 0 Å². The highest BCUT2D eigenvalue weighted by molar-refractivity contribution is 9.10. The van der Waals surface area contributed by atoms with Gasteiger partial charge in [-0.1, -0.05) is 18.0 Å². The molecule has 90 valence electrons. The number of nitrogens with one attached hydrogen (secondary N) is 1. The highest BCUT2D eigenvalue weighted by Gasteiger charge is 2.05. The monoisotopic (exact) mass is 323 g/mol. The van der Waals surface area contributed by atoms with Gasteiger partial charge in [-0.25, -0.2) is 9.97 Å². The van der Waals surface area contributed by atoms with Crippen molar-refractivity contribution in [3.63, 3.8) is 0 Å². The van der Waals surface area contributed by atoms with Gasteiger partial charge in [-0.2, -0.15) is 11.8 Å². The molecule has 0 bridgehead atoms. The first-order valence-corrected chi connectivity index (χ1v) is 7.71. The Morgan fingerprint density at radius 1 is 1.38 bits per heavy atom. The van der Waals surface area contributed by atoms with Crippen LogP contribution in [0.15, 0.2) is 10.8 Å². The molecular formula is C10H15BrClN3S. The second-order valence-corrected chi connectivity index (χ2v) is 5.44. The van der Waals surface area contributed by atoms with Crippen molar-refractivity contribution in [1.82, 2.24) is 9.97 Å². The molecule has 0 radical (unpaired) electrons. The van der Waals surface area contributed by atoms with Gasteiger partial charge in [0, 0.05) is 6.54 Å². The van der Waals surface area contributed by atoms with Gasteiger partial charge < -0.3 is 5.32 Å². The van der Waals surface area contributed by atoms with Gasteiger partial charge in [-0.15, -0.1) is 0 Å². The predicted molar refractivity (Wildman–Crippen MR) is 75.5 cm³/mol. The SMILES string of the molecule is CSCCCCCNc1ncnc(Cl)c1Br. The highest BCUT2D eigenvalue weighted by Crippen LogP contribution is 2.25. The van der Waals surface area contributed by atoms with Crippen LogP contribution in [0.5, 0.6) is 0 Å². The van der Waals surface area contributed by atoms with Gasteiger partial charge in [0.2, 0.25) is 0 Å². The van der Waals surface area contributed by atoms with E-state index in [0.29, 0.717) is 5.15 Å². The molecule has 1 aromatic rings. The summed E-state index contributed by atoms with van der Waals surface area (Å²) in [5, 5.41) is 3.69. The third-order valence-corrected chi connectivity index (χ3v) is 4.03. The number of hydrogen-bond acceptors (Lipinski definition) is 4. The summed E-state index contributed by atoms with van der Waals surface area (Å²) in [6, 6.07) is 0. The molecule has 6 heteroatoms. The van der Waals surface area contributed by atoms with Crippen molar-refractivity contribution in [3.05, 3.63) is 16.0 Å². The van der Waals surface area contributed by atoms with Gasteiger partial charge in [-0.3, -0.25) is 0 Å². The Morgan fingerprint density at radius 3 is 2.94 bits per heavy atom.